The van der Waals surface area contributed by atoms with Gasteiger partial charge in [-0.25, -0.2) is 5.48 Å². The topological polar surface area (TPSA) is 102 Å². The number of nitrogens with one attached hydrogen (secondary N) is 2. The van der Waals surface area contributed by atoms with Gasteiger partial charge in [0.1, 0.15) is 5.75 Å². The molecular formula is C9H12N2O4. The molecule has 1 atom stereocenters. The monoisotopic (exact) mass is 212 g/mol. The number of amides is 1. The van der Waals surface area contributed by atoms with E-state index in [1.807, 2.05) is 5.48 Å². The van der Waals surface area contributed by atoms with Crippen LogP contribution in [-0.2, 0) is 4.79 Å². The van der Waals surface area contributed by atoms with Crippen LogP contribution in [0.15, 0.2) is 24.3 Å². The van der Waals surface area contributed by atoms with Crippen molar-refractivity contribution in [2.75, 3.05) is 0 Å². The van der Waals surface area contributed by atoms with Gasteiger partial charge in [0, 0.05) is 5.56 Å². The Morgan fingerprint density at radius 1 is 1.33 bits per heavy atom. The maximum absolute atomic E-state index is 10.9. The lowest BCUT2D eigenvalue weighted by Crippen LogP contribution is -2.27. The molecule has 5 N–H and O–H groups in total. The highest BCUT2D eigenvalue weighted by Crippen LogP contribution is 2.25. The summed E-state index contributed by atoms with van der Waals surface area (Å²) in [6.07, 6.45) is -0.190. The maximum Gasteiger partial charge on any atom is 0.245 e. The summed E-state index contributed by atoms with van der Waals surface area (Å²) in [7, 11) is 0. The number of carbonyl (C=O) groups is 1. The second-order valence-electron chi connectivity index (χ2n) is 2.98. The first-order chi connectivity index (χ1) is 7.19. The van der Waals surface area contributed by atoms with Gasteiger partial charge < -0.3 is 10.3 Å². The lowest BCUT2D eigenvalue weighted by atomic mass is 10.0. The molecule has 0 spiro atoms. The highest BCUT2D eigenvalue weighted by molar-refractivity contribution is 5.75. The Balaban J connectivity index is 2.83. The Kier molecular flexibility index (Phi) is 4.04. The van der Waals surface area contributed by atoms with Crippen molar-refractivity contribution in [3.05, 3.63) is 29.8 Å². The molecule has 15 heavy (non-hydrogen) atoms. The number of phenols is 1. The fourth-order valence-corrected chi connectivity index (χ4v) is 1.24. The largest absolute Gasteiger partial charge is 0.508 e. The van der Waals surface area contributed by atoms with Crippen molar-refractivity contribution < 1.29 is 20.3 Å². The SMILES string of the molecule is O=C(CC(NO)c1ccccc1O)NO. The van der Waals surface area contributed by atoms with Crippen LogP contribution in [0.5, 0.6) is 5.75 Å². The molecule has 1 rings (SSSR count). The Bertz CT molecular complexity index is 343. The van der Waals surface area contributed by atoms with Gasteiger partial charge in [0.25, 0.3) is 0 Å². The molecule has 0 aliphatic carbocycles. The van der Waals surface area contributed by atoms with Gasteiger partial charge in [-0.1, -0.05) is 18.2 Å². The molecule has 0 saturated carbocycles. The van der Waals surface area contributed by atoms with E-state index in [4.69, 9.17) is 10.4 Å². The zero-order valence-corrected chi connectivity index (χ0v) is 7.84. The minimum atomic E-state index is -0.765. The fraction of sp³-hybridized carbons (Fsp3) is 0.222. The van der Waals surface area contributed by atoms with Crippen molar-refractivity contribution in [3.8, 4) is 5.75 Å². The zero-order valence-electron chi connectivity index (χ0n) is 7.84. The van der Waals surface area contributed by atoms with Crippen molar-refractivity contribution in [1.29, 1.82) is 0 Å². The van der Waals surface area contributed by atoms with Gasteiger partial charge in [-0.2, -0.15) is 5.48 Å². The van der Waals surface area contributed by atoms with Crippen LogP contribution >= 0.6 is 0 Å². The summed E-state index contributed by atoms with van der Waals surface area (Å²) in [5.74, 6) is -0.695. The second-order valence-corrected chi connectivity index (χ2v) is 2.98. The normalized spacial score (nSPS) is 12.1. The van der Waals surface area contributed by atoms with E-state index < -0.39 is 11.9 Å². The molecule has 1 amide bonds. The first-order valence-corrected chi connectivity index (χ1v) is 4.29. The summed E-state index contributed by atoms with van der Waals surface area (Å²) in [6.45, 7) is 0. The molecule has 1 aromatic rings. The summed E-state index contributed by atoms with van der Waals surface area (Å²) < 4.78 is 0. The third-order valence-corrected chi connectivity index (χ3v) is 1.98. The van der Waals surface area contributed by atoms with E-state index in [1.165, 1.54) is 11.5 Å². The summed E-state index contributed by atoms with van der Waals surface area (Å²) in [6, 6.07) is 5.53. The summed E-state index contributed by atoms with van der Waals surface area (Å²) in [5, 5.41) is 26.6. The van der Waals surface area contributed by atoms with Crippen LogP contribution in [0.4, 0.5) is 0 Å². The first kappa shape index (κ1) is 11.4. The molecule has 1 unspecified atom stereocenters. The Morgan fingerprint density at radius 2 is 2.00 bits per heavy atom. The molecule has 0 aromatic heterocycles. The van der Waals surface area contributed by atoms with Crippen LogP contribution < -0.4 is 11.0 Å². The number of hydroxylamine groups is 2. The van der Waals surface area contributed by atoms with Gasteiger partial charge in [-0.3, -0.25) is 10.0 Å². The van der Waals surface area contributed by atoms with Crippen LogP contribution in [0.1, 0.15) is 18.0 Å². The lowest BCUT2D eigenvalue weighted by Gasteiger charge is -2.15. The van der Waals surface area contributed by atoms with Gasteiger partial charge in [0.15, 0.2) is 0 Å². The van der Waals surface area contributed by atoms with Crippen molar-refractivity contribution >= 4 is 5.91 Å². The molecule has 0 fully saturated rings. The highest BCUT2D eigenvalue weighted by Gasteiger charge is 2.17. The van der Waals surface area contributed by atoms with E-state index in [-0.39, 0.29) is 12.2 Å². The molecular weight excluding hydrogens is 200 g/mol. The van der Waals surface area contributed by atoms with Crippen LogP contribution in [0, 0.1) is 0 Å². The van der Waals surface area contributed by atoms with E-state index >= 15 is 0 Å². The molecule has 6 nitrogen and oxygen atoms in total. The smallest absolute Gasteiger partial charge is 0.245 e. The van der Waals surface area contributed by atoms with Crippen molar-refractivity contribution in [2.45, 2.75) is 12.5 Å². The first-order valence-electron chi connectivity index (χ1n) is 4.29. The van der Waals surface area contributed by atoms with Crippen LogP contribution in [0.25, 0.3) is 0 Å². The minimum absolute atomic E-state index is 0.0326. The van der Waals surface area contributed by atoms with E-state index in [9.17, 15) is 9.90 Å². The quantitative estimate of drug-likeness (QED) is 0.365. The number of aromatic hydroxyl groups is 1. The average Bonchev–Trinajstić information content (AvgIpc) is 2.26. The molecule has 82 valence electrons. The van der Waals surface area contributed by atoms with Crippen molar-refractivity contribution in [2.24, 2.45) is 0 Å². The summed E-state index contributed by atoms with van der Waals surface area (Å²) >= 11 is 0. The number of para-hydroxylation sites is 1. The molecule has 0 aliphatic rings. The number of carbonyl (C=O) groups excluding carboxylic acids is 1. The molecule has 0 heterocycles. The summed E-state index contributed by atoms with van der Waals surface area (Å²) in [4.78, 5) is 10.9. The number of rotatable bonds is 4. The number of hydrogen-bond donors (Lipinski definition) is 5. The van der Waals surface area contributed by atoms with Gasteiger partial charge in [-0.15, -0.1) is 0 Å². The molecule has 6 heteroatoms. The van der Waals surface area contributed by atoms with Gasteiger partial charge in [0.05, 0.1) is 12.5 Å². The predicted octanol–water partition coefficient (Wildman–Crippen LogP) is 0.308. The Labute approximate surface area is 86.1 Å². The van der Waals surface area contributed by atoms with Crippen LogP contribution in [-0.4, -0.2) is 21.4 Å². The molecule has 0 bridgehead atoms. The zero-order chi connectivity index (χ0) is 11.3. The number of benzene rings is 1. The van der Waals surface area contributed by atoms with Crippen LogP contribution in [0.3, 0.4) is 0 Å². The summed E-state index contributed by atoms with van der Waals surface area (Å²) in [5.41, 5.74) is 3.72. The molecule has 0 saturated heterocycles. The maximum atomic E-state index is 10.9. The van der Waals surface area contributed by atoms with Crippen molar-refractivity contribution in [1.82, 2.24) is 11.0 Å². The minimum Gasteiger partial charge on any atom is -0.508 e. The van der Waals surface area contributed by atoms with Gasteiger partial charge in [-0.05, 0) is 6.07 Å². The van der Waals surface area contributed by atoms with E-state index in [2.05, 4.69) is 0 Å². The van der Waals surface area contributed by atoms with E-state index in [1.54, 1.807) is 18.2 Å². The number of hydrogen-bond acceptors (Lipinski definition) is 5. The fourth-order valence-electron chi connectivity index (χ4n) is 1.24. The predicted molar refractivity (Wildman–Crippen MR) is 50.3 cm³/mol. The second kappa shape index (κ2) is 5.30. The molecule has 0 radical (unpaired) electrons. The van der Waals surface area contributed by atoms with E-state index in [0.717, 1.165) is 0 Å². The van der Waals surface area contributed by atoms with Gasteiger partial charge in [0.2, 0.25) is 5.91 Å². The third kappa shape index (κ3) is 2.91. The average molecular weight is 212 g/mol. The molecule has 0 aliphatic heterocycles. The Hall–Kier alpha value is -1.63. The standard InChI is InChI=1S/C9H12N2O4/c12-8-4-2-1-3-6(8)7(10-14)5-9(13)11-15/h1-4,7,10,12,14-15H,5H2,(H,11,13). The Morgan fingerprint density at radius 3 is 2.53 bits per heavy atom. The third-order valence-electron chi connectivity index (χ3n) is 1.98. The van der Waals surface area contributed by atoms with Crippen LogP contribution in [0.2, 0.25) is 0 Å². The van der Waals surface area contributed by atoms with Gasteiger partial charge >= 0.3 is 0 Å². The molecule has 1 aromatic carbocycles. The highest BCUT2D eigenvalue weighted by atomic mass is 16.5. The van der Waals surface area contributed by atoms with E-state index in [0.29, 0.717) is 5.56 Å². The van der Waals surface area contributed by atoms with Crippen molar-refractivity contribution in [3.63, 3.8) is 0 Å². The lowest BCUT2D eigenvalue weighted by molar-refractivity contribution is -0.130. The number of phenolic OH excluding ortho intramolecular Hbond substituents is 1.